The minimum absolute atomic E-state index is 0.0869. The number of nitrogens with one attached hydrogen (secondary N) is 1. The van der Waals surface area contributed by atoms with Gasteiger partial charge in [-0.1, -0.05) is 226 Å². The molecule has 316 valence electrons. The first kappa shape index (κ1) is 51.9. The van der Waals surface area contributed by atoms with Crippen molar-refractivity contribution in [2.24, 2.45) is 0 Å². The second kappa shape index (κ2) is 42.0. The molecular weight excluding hydrogens is 659 g/mol. The number of aliphatic hydroxyl groups is 2. The van der Waals surface area contributed by atoms with Gasteiger partial charge in [0.2, 0.25) is 5.91 Å². The number of amides is 1. The molecule has 0 aliphatic carbocycles. The third-order valence-corrected chi connectivity index (χ3v) is 11.2. The van der Waals surface area contributed by atoms with E-state index in [0.29, 0.717) is 19.3 Å². The maximum absolute atomic E-state index is 13.1. The zero-order chi connectivity index (χ0) is 38.9. The average molecular weight is 752 g/mol. The van der Waals surface area contributed by atoms with Crippen molar-refractivity contribution in [3.63, 3.8) is 0 Å². The Balaban J connectivity index is 4.52. The van der Waals surface area contributed by atoms with Crippen LogP contribution in [-0.2, 0) is 14.3 Å². The molecule has 3 atom stereocenters. The molecule has 6 heteroatoms. The van der Waals surface area contributed by atoms with Crippen LogP contribution in [-0.4, -0.2) is 46.9 Å². The first-order valence-electron chi connectivity index (χ1n) is 23.8. The van der Waals surface area contributed by atoms with E-state index in [1.54, 1.807) is 0 Å². The lowest BCUT2D eigenvalue weighted by atomic mass is 10.0. The van der Waals surface area contributed by atoms with Gasteiger partial charge in [-0.25, -0.2) is 0 Å². The predicted molar refractivity (Wildman–Crippen MR) is 227 cm³/mol. The molecule has 0 radical (unpaired) electrons. The number of esters is 1. The number of rotatable bonds is 43. The van der Waals surface area contributed by atoms with Gasteiger partial charge in [-0.3, -0.25) is 9.59 Å². The quantitative estimate of drug-likeness (QED) is 0.0426. The van der Waals surface area contributed by atoms with Crippen molar-refractivity contribution in [1.82, 2.24) is 5.32 Å². The maximum atomic E-state index is 13.1. The Labute approximate surface area is 330 Å². The first-order valence-corrected chi connectivity index (χ1v) is 23.8. The van der Waals surface area contributed by atoms with E-state index in [1.165, 1.54) is 173 Å². The van der Waals surface area contributed by atoms with Crippen molar-refractivity contribution >= 4 is 11.9 Å². The summed E-state index contributed by atoms with van der Waals surface area (Å²) < 4.78 is 5.90. The zero-order valence-corrected chi connectivity index (χ0v) is 35.9. The van der Waals surface area contributed by atoms with Crippen LogP contribution in [0.3, 0.4) is 0 Å². The molecule has 0 aliphatic rings. The summed E-state index contributed by atoms with van der Waals surface area (Å²) in [7, 11) is 0. The van der Waals surface area contributed by atoms with Crippen LogP contribution in [0.5, 0.6) is 0 Å². The van der Waals surface area contributed by atoms with E-state index in [4.69, 9.17) is 4.74 Å². The molecule has 53 heavy (non-hydrogen) atoms. The van der Waals surface area contributed by atoms with E-state index < -0.39 is 18.2 Å². The van der Waals surface area contributed by atoms with E-state index in [-0.39, 0.29) is 24.9 Å². The van der Waals surface area contributed by atoms with Crippen molar-refractivity contribution in [2.45, 2.75) is 283 Å². The maximum Gasteiger partial charge on any atom is 0.306 e. The van der Waals surface area contributed by atoms with Gasteiger partial charge in [-0.15, -0.1) is 0 Å². The lowest BCUT2D eigenvalue weighted by Gasteiger charge is -2.24. The first-order chi connectivity index (χ1) is 26.0. The Morgan fingerprint density at radius 2 is 0.792 bits per heavy atom. The fourth-order valence-electron chi connectivity index (χ4n) is 7.55. The van der Waals surface area contributed by atoms with Gasteiger partial charge in [-0.05, 0) is 25.7 Å². The molecule has 0 aromatic carbocycles. The van der Waals surface area contributed by atoms with Crippen LogP contribution in [0.2, 0.25) is 0 Å². The summed E-state index contributed by atoms with van der Waals surface area (Å²) >= 11 is 0. The van der Waals surface area contributed by atoms with Crippen molar-refractivity contribution in [3.8, 4) is 0 Å². The number of carbonyl (C=O) groups is 2. The van der Waals surface area contributed by atoms with Gasteiger partial charge >= 0.3 is 5.97 Å². The van der Waals surface area contributed by atoms with E-state index in [9.17, 15) is 19.8 Å². The standard InChI is InChI=1S/C47H93NO5/c1-4-7-10-13-16-19-21-22-23-24-25-27-29-32-35-38-43(53-47(52)40-37-34-31-26-18-15-12-9-6-3)41-46(51)48-44(42-49)45(50)39-36-33-30-28-20-17-14-11-8-5-2/h43-45,49-50H,4-42H2,1-3H3,(H,48,51). The minimum atomic E-state index is -0.777. The summed E-state index contributed by atoms with van der Waals surface area (Å²) in [6, 6.07) is -0.690. The summed E-state index contributed by atoms with van der Waals surface area (Å²) in [5, 5.41) is 23.6. The van der Waals surface area contributed by atoms with Gasteiger partial charge in [0.05, 0.1) is 25.2 Å². The average Bonchev–Trinajstić information content (AvgIpc) is 3.15. The lowest BCUT2D eigenvalue weighted by Crippen LogP contribution is -2.46. The van der Waals surface area contributed by atoms with E-state index in [1.807, 2.05) is 0 Å². The Morgan fingerprint density at radius 1 is 0.472 bits per heavy atom. The Hall–Kier alpha value is -1.14. The molecule has 3 unspecified atom stereocenters. The Kier molecular flexibility index (Phi) is 41.1. The summed E-state index contributed by atoms with van der Waals surface area (Å²) in [5.41, 5.74) is 0. The van der Waals surface area contributed by atoms with Crippen LogP contribution in [0.25, 0.3) is 0 Å². The highest BCUT2D eigenvalue weighted by Gasteiger charge is 2.24. The van der Waals surface area contributed by atoms with Gasteiger partial charge in [-0.2, -0.15) is 0 Å². The third kappa shape index (κ3) is 37.6. The minimum Gasteiger partial charge on any atom is -0.462 e. The van der Waals surface area contributed by atoms with Crippen molar-refractivity contribution in [1.29, 1.82) is 0 Å². The summed E-state index contributed by atoms with van der Waals surface area (Å²) in [5.74, 6) is -0.459. The molecule has 0 aromatic rings. The number of hydrogen-bond acceptors (Lipinski definition) is 5. The van der Waals surface area contributed by atoms with Gasteiger partial charge in [0, 0.05) is 6.42 Å². The van der Waals surface area contributed by atoms with E-state index in [2.05, 4.69) is 26.1 Å². The van der Waals surface area contributed by atoms with Crippen molar-refractivity contribution < 1.29 is 24.5 Å². The molecule has 0 fully saturated rings. The van der Waals surface area contributed by atoms with E-state index in [0.717, 1.165) is 44.9 Å². The number of unbranched alkanes of at least 4 members (excludes halogenated alkanes) is 31. The van der Waals surface area contributed by atoms with Gasteiger partial charge in [0.25, 0.3) is 0 Å². The second-order valence-electron chi connectivity index (χ2n) is 16.5. The third-order valence-electron chi connectivity index (χ3n) is 11.2. The Bertz CT molecular complexity index is 761. The SMILES string of the molecule is CCCCCCCCCCCCCCCCCC(CC(=O)NC(CO)C(O)CCCCCCCCCCCC)OC(=O)CCCCCCCCCCC. The molecule has 0 heterocycles. The fraction of sp³-hybridized carbons (Fsp3) is 0.957. The predicted octanol–water partition coefficient (Wildman–Crippen LogP) is 13.6. The number of hydrogen-bond donors (Lipinski definition) is 3. The fourth-order valence-corrected chi connectivity index (χ4v) is 7.55. The molecular formula is C47H93NO5. The normalized spacial score (nSPS) is 13.2. The number of aliphatic hydroxyl groups excluding tert-OH is 2. The highest BCUT2D eigenvalue weighted by molar-refractivity contribution is 5.77. The van der Waals surface area contributed by atoms with Crippen LogP contribution >= 0.6 is 0 Å². The largest absolute Gasteiger partial charge is 0.462 e. The molecule has 3 N–H and O–H groups in total. The highest BCUT2D eigenvalue weighted by Crippen LogP contribution is 2.18. The van der Waals surface area contributed by atoms with Crippen molar-refractivity contribution in [3.05, 3.63) is 0 Å². The van der Waals surface area contributed by atoms with Crippen molar-refractivity contribution in [2.75, 3.05) is 6.61 Å². The summed E-state index contributed by atoms with van der Waals surface area (Å²) in [6.45, 7) is 6.47. The molecule has 0 spiro atoms. The smallest absolute Gasteiger partial charge is 0.306 e. The zero-order valence-electron chi connectivity index (χ0n) is 35.9. The topological polar surface area (TPSA) is 95.9 Å². The molecule has 0 bridgehead atoms. The van der Waals surface area contributed by atoms with Crippen LogP contribution in [0, 0.1) is 0 Å². The van der Waals surface area contributed by atoms with Crippen LogP contribution in [0.15, 0.2) is 0 Å². The van der Waals surface area contributed by atoms with E-state index >= 15 is 0 Å². The molecule has 6 nitrogen and oxygen atoms in total. The van der Waals surface area contributed by atoms with Crippen LogP contribution in [0.4, 0.5) is 0 Å². The highest BCUT2D eigenvalue weighted by atomic mass is 16.5. The summed E-state index contributed by atoms with van der Waals surface area (Å²) in [4.78, 5) is 25.9. The van der Waals surface area contributed by atoms with Crippen LogP contribution < -0.4 is 5.32 Å². The monoisotopic (exact) mass is 752 g/mol. The summed E-state index contributed by atoms with van der Waals surface area (Å²) in [6.07, 6.45) is 43.1. The number of ether oxygens (including phenoxy) is 1. The molecule has 0 aliphatic heterocycles. The van der Waals surface area contributed by atoms with Gasteiger partial charge in [0.15, 0.2) is 0 Å². The lowest BCUT2D eigenvalue weighted by molar-refractivity contribution is -0.151. The molecule has 1 amide bonds. The van der Waals surface area contributed by atoms with Gasteiger partial charge in [0.1, 0.15) is 6.10 Å². The Morgan fingerprint density at radius 3 is 1.15 bits per heavy atom. The molecule has 0 rings (SSSR count). The molecule has 0 aromatic heterocycles. The number of carbonyl (C=O) groups excluding carboxylic acids is 2. The molecule has 0 saturated heterocycles. The van der Waals surface area contributed by atoms with Crippen LogP contribution in [0.1, 0.15) is 265 Å². The second-order valence-corrected chi connectivity index (χ2v) is 16.5. The van der Waals surface area contributed by atoms with Gasteiger partial charge < -0.3 is 20.3 Å². The molecule has 0 saturated carbocycles.